The fraction of sp³-hybridized carbons (Fsp3) is 0.458. The Bertz CT molecular complexity index is 1040. The summed E-state index contributed by atoms with van der Waals surface area (Å²) in [6.07, 6.45) is 2.26. The van der Waals surface area contributed by atoms with Crippen LogP contribution in [0.25, 0.3) is 0 Å². The van der Waals surface area contributed by atoms with Gasteiger partial charge in [-0.05, 0) is 31.9 Å². The molecule has 0 atom stereocenters. The number of fused-ring (bicyclic) bond motifs is 1. The molecule has 1 aromatic heterocycles. The molecular weight excluding hydrogens is 424 g/mol. The Balaban J connectivity index is 1.44. The van der Waals surface area contributed by atoms with Crippen molar-refractivity contribution in [1.29, 1.82) is 0 Å². The molecule has 4 rings (SSSR count). The number of aryl methyl sites for hydroxylation is 1. The van der Waals surface area contributed by atoms with E-state index in [9.17, 15) is 9.59 Å². The summed E-state index contributed by atoms with van der Waals surface area (Å²) in [5.74, 6) is 0.951. The lowest BCUT2D eigenvalue weighted by atomic mass is 9.93. The molecule has 2 aromatic rings. The Kier molecular flexibility index (Phi) is 7.41. The fourth-order valence-corrected chi connectivity index (χ4v) is 4.24. The molecule has 2 N–H and O–H groups in total. The van der Waals surface area contributed by atoms with Crippen LogP contribution in [-0.4, -0.2) is 68.9 Å². The zero-order valence-electron chi connectivity index (χ0n) is 19.1. The summed E-state index contributed by atoms with van der Waals surface area (Å²) in [6.45, 7) is 6.40. The van der Waals surface area contributed by atoms with Crippen LogP contribution in [0.2, 0.25) is 0 Å². The first-order valence-corrected chi connectivity index (χ1v) is 11.3. The van der Waals surface area contributed by atoms with Gasteiger partial charge in [-0.1, -0.05) is 12.1 Å². The Morgan fingerprint density at radius 1 is 1.15 bits per heavy atom. The number of nitrogens with zero attached hydrogens (tertiary/aromatic N) is 2. The van der Waals surface area contributed by atoms with E-state index in [0.717, 1.165) is 62.6 Å². The summed E-state index contributed by atoms with van der Waals surface area (Å²) >= 11 is 0. The maximum Gasteiger partial charge on any atom is 0.287 e. The van der Waals surface area contributed by atoms with Crippen molar-refractivity contribution in [2.24, 2.45) is 5.10 Å². The first-order valence-electron chi connectivity index (χ1n) is 11.3. The third-order valence-electron chi connectivity index (χ3n) is 5.99. The molecule has 1 saturated heterocycles. The SMILES string of the molecule is COc1ccccc1C(=O)N/N=C1\CCCc2oc(C(=O)NCCN3CCOCC3)c(C)c21. The number of hydrogen-bond acceptors (Lipinski definition) is 7. The van der Waals surface area contributed by atoms with Crippen molar-refractivity contribution in [1.82, 2.24) is 15.6 Å². The molecular formula is C24H30N4O5. The number of rotatable bonds is 7. The molecule has 1 aliphatic carbocycles. The topological polar surface area (TPSA) is 105 Å². The first-order chi connectivity index (χ1) is 16.1. The molecule has 0 unspecified atom stereocenters. The van der Waals surface area contributed by atoms with Gasteiger partial charge in [-0.2, -0.15) is 5.10 Å². The summed E-state index contributed by atoms with van der Waals surface area (Å²) < 4.78 is 16.5. The Morgan fingerprint density at radius 2 is 1.94 bits per heavy atom. The smallest absolute Gasteiger partial charge is 0.287 e. The number of nitrogens with one attached hydrogen (secondary N) is 2. The molecule has 9 nitrogen and oxygen atoms in total. The number of amides is 2. The van der Waals surface area contributed by atoms with Crippen molar-refractivity contribution in [2.45, 2.75) is 26.2 Å². The lowest BCUT2D eigenvalue weighted by Gasteiger charge is -2.26. The van der Waals surface area contributed by atoms with Gasteiger partial charge in [0.2, 0.25) is 0 Å². The van der Waals surface area contributed by atoms with Crippen molar-refractivity contribution in [3.8, 4) is 5.75 Å². The van der Waals surface area contributed by atoms with E-state index in [-0.39, 0.29) is 11.8 Å². The molecule has 0 spiro atoms. The van der Waals surface area contributed by atoms with E-state index in [4.69, 9.17) is 13.9 Å². The molecule has 33 heavy (non-hydrogen) atoms. The maximum absolute atomic E-state index is 12.8. The van der Waals surface area contributed by atoms with E-state index in [1.807, 2.05) is 6.92 Å². The number of benzene rings is 1. The quantitative estimate of drug-likeness (QED) is 0.621. The van der Waals surface area contributed by atoms with E-state index in [1.54, 1.807) is 24.3 Å². The Morgan fingerprint density at radius 3 is 2.73 bits per heavy atom. The van der Waals surface area contributed by atoms with Crippen LogP contribution in [0.15, 0.2) is 33.8 Å². The monoisotopic (exact) mass is 454 g/mol. The van der Waals surface area contributed by atoms with E-state index in [1.165, 1.54) is 7.11 Å². The molecule has 9 heteroatoms. The van der Waals surface area contributed by atoms with Gasteiger partial charge in [0.05, 0.1) is 31.6 Å². The molecule has 2 heterocycles. The second kappa shape index (κ2) is 10.6. The highest BCUT2D eigenvalue weighted by Crippen LogP contribution is 2.30. The fourth-order valence-electron chi connectivity index (χ4n) is 4.24. The Labute approximate surface area is 193 Å². The van der Waals surface area contributed by atoms with E-state index >= 15 is 0 Å². The van der Waals surface area contributed by atoms with Crippen LogP contribution in [0.1, 0.15) is 50.6 Å². The van der Waals surface area contributed by atoms with Crippen LogP contribution in [-0.2, 0) is 11.2 Å². The summed E-state index contributed by atoms with van der Waals surface area (Å²) in [6, 6.07) is 6.98. The van der Waals surface area contributed by atoms with Gasteiger partial charge < -0.3 is 19.2 Å². The average molecular weight is 455 g/mol. The highest BCUT2D eigenvalue weighted by atomic mass is 16.5. The van der Waals surface area contributed by atoms with Gasteiger partial charge in [-0.25, -0.2) is 5.43 Å². The van der Waals surface area contributed by atoms with Gasteiger partial charge in [-0.15, -0.1) is 0 Å². The van der Waals surface area contributed by atoms with E-state index in [0.29, 0.717) is 35.8 Å². The van der Waals surface area contributed by atoms with Crippen molar-refractivity contribution in [2.75, 3.05) is 46.5 Å². The number of para-hydroxylation sites is 1. The van der Waals surface area contributed by atoms with Crippen LogP contribution in [0.3, 0.4) is 0 Å². The van der Waals surface area contributed by atoms with E-state index in [2.05, 4.69) is 20.7 Å². The number of morpholine rings is 1. The lowest BCUT2D eigenvalue weighted by Crippen LogP contribution is -2.41. The second-order valence-electron chi connectivity index (χ2n) is 8.12. The average Bonchev–Trinajstić information content (AvgIpc) is 3.20. The molecule has 0 radical (unpaired) electrons. The summed E-state index contributed by atoms with van der Waals surface area (Å²) in [5, 5.41) is 7.34. The zero-order chi connectivity index (χ0) is 23.2. The minimum atomic E-state index is -0.352. The van der Waals surface area contributed by atoms with Crippen molar-refractivity contribution >= 4 is 17.5 Å². The van der Waals surface area contributed by atoms with Gasteiger partial charge in [0, 0.05) is 43.7 Å². The number of carbonyl (C=O) groups excluding carboxylic acids is 2. The molecule has 176 valence electrons. The van der Waals surface area contributed by atoms with Gasteiger partial charge in [0.25, 0.3) is 11.8 Å². The number of hydrogen-bond donors (Lipinski definition) is 2. The van der Waals surface area contributed by atoms with Gasteiger partial charge in [0.1, 0.15) is 11.5 Å². The predicted octanol–water partition coefficient (Wildman–Crippen LogP) is 2.13. The number of furan rings is 1. The Hall–Kier alpha value is -3.17. The van der Waals surface area contributed by atoms with Gasteiger partial charge in [-0.3, -0.25) is 14.5 Å². The molecule has 0 bridgehead atoms. The highest BCUT2D eigenvalue weighted by molar-refractivity contribution is 6.07. The van der Waals surface area contributed by atoms with Crippen LogP contribution in [0.5, 0.6) is 5.75 Å². The molecule has 1 aliphatic heterocycles. The normalized spacial score (nSPS) is 17.5. The predicted molar refractivity (Wildman–Crippen MR) is 123 cm³/mol. The van der Waals surface area contributed by atoms with Crippen molar-refractivity contribution < 1.29 is 23.5 Å². The van der Waals surface area contributed by atoms with Crippen LogP contribution in [0, 0.1) is 6.92 Å². The molecule has 1 aromatic carbocycles. The molecule has 2 aliphatic rings. The highest BCUT2D eigenvalue weighted by Gasteiger charge is 2.28. The van der Waals surface area contributed by atoms with Crippen molar-refractivity contribution in [3.05, 3.63) is 52.5 Å². The number of ether oxygens (including phenoxy) is 2. The standard InChI is InChI=1S/C24H30N4O5/c1-16-21-18(26-27-23(29)17-6-3-4-8-19(17)31-2)7-5-9-20(21)33-22(16)24(30)25-10-11-28-12-14-32-15-13-28/h3-4,6,8H,5,7,9-15H2,1-2H3,(H,25,30)(H,27,29)/b26-18+. The summed E-state index contributed by atoms with van der Waals surface area (Å²) in [5.41, 5.74) is 5.32. The third kappa shape index (κ3) is 5.26. The lowest BCUT2D eigenvalue weighted by molar-refractivity contribution is 0.0382. The number of methoxy groups -OCH3 is 1. The molecule has 0 saturated carbocycles. The van der Waals surface area contributed by atoms with E-state index < -0.39 is 0 Å². The third-order valence-corrected chi connectivity index (χ3v) is 5.99. The molecule has 2 amide bonds. The summed E-state index contributed by atoms with van der Waals surface area (Å²) in [4.78, 5) is 27.7. The van der Waals surface area contributed by atoms with Crippen LogP contribution < -0.4 is 15.5 Å². The first kappa shape index (κ1) is 23.0. The van der Waals surface area contributed by atoms with Gasteiger partial charge in [0.15, 0.2) is 5.76 Å². The molecule has 1 fully saturated rings. The van der Waals surface area contributed by atoms with Gasteiger partial charge >= 0.3 is 0 Å². The number of hydrazone groups is 1. The van der Waals surface area contributed by atoms with Crippen LogP contribution in [0.4, 0.5) is 0 Å². The zero-order valence-corrected chi connectivity index (χ0v) is 19.1. The summed E-state index contributed by atoms with van der Waals surface area (Å²) in [7, 11) is 1.52. The maximum atomic E-state index is 12.8. The largest absolute Gasteiger partial charge is 0.496 e. The second-order valence-corrected chi connectivity index (χ2v) is 8.12. The minimum absolute atomic E-state index is 0.229. The van der Waals surface area contributed by atoms with Crippen molar-refractivity contribution in [3.63, 3.8) is 0 Å². The minimum Gasteiger partial charge on any atom is -0.496 e. The van der Waals surface area contributed by atoms with Crippen LogP contribution >= 0.6 is 0 Å². The number of carbonyl (C=O) groups is 2.